The first-order valence-corrected chi connectivity index (χ1v) is 6.17. The highest BCUT2D eigenvalue weighted by atomic mass is 16.5. The lowest BCUT2D eigenvalue weighted by Crippen LogP contribution is -2.14. The summed E-state index contributed by atoms with van der Waals surface area (Å²) >= 11 is 0. The second-order valence-electron chi connectivity index (χ2n) is 4.29. The number of anilines is 2. The number of aromatic nitrogens is 2. The maximum absolute atomic E-state index is 5.61. The van der Waals surface area contributed by atoms with Crippen molar-refractivity contribution in [1.29, 1.82) is 0 Å². The van der Waals surface area contributed by atoms with Crippen molar-refractivity contribution >= 4 is 11.5 Å². The third-order valence-corrected chi connectivity index (χ3v) is 2.62. The first-order chi connectivity index (χ1) is 9.15. The predicted octanol–water partition coefficient (Wildman–Crippen LogP) is 2.17. The molecule has 0 saturated carbocycles. The van der Waals surface area contributed by atoms with Crippen LogP contribution in [0.5, 0.6) is 5.75 Å². The molecule has 1 aromatic heterocycles. The number of nitrogens with one attached hydrogen (secondary N) is 1. The molecule has 0 fully saturated rings. The van der Waals surface area contributed by atoms with E-state index in [0.717, 1.165) is 28.6 Å². The first kappa shape index (κ1) is 13.1. The molecule has 0 atom stereocenters. The molecule has 0 amide bonds. The number of benzene rings is 1. The topological polar surface area (TPSA) is 73.1 Å². The second-order valence-corrected chi connectivity index (χ2v) is 4.29. The van der Waals surface area contributed by atoms with E-state index in [9.17, 15) is 0 Å². The van der Waals surface area contributed by atoms with E-state index >= 15 is 0 Å². The van der Waals surface area contributed by atoms with Crippen LogP contribution in [-0.4, -0.2) is 23.1 Å². The Morgan fingerprint density at radius 2 is 1.95 bits per heavy atom. The Balaban J connectivity index is 1.80. The van der Waals surface area contributed by atoms with Gasteiger partial charge in [0.15, 0.2) is 0 Å². The summed E-state index contributed by atoms with van der Waals surface area (Å²) in [7, 11) is 0. The van der Waals surface area contributed by atoms with Gasteiger partial charge < -0.3 is 15.8 Å². The molecule has 5 nitrogen and oxygen atoms in total. The number of ether oxygens (including phenoxy) is 1. The average Bonchev–Trinajstić information content (AvgIpc) is 2.40. The van der Waals surface area contributed by atoms with E-state index in [1.165, 1.54) is 0 Å². The maximum Gasteiger partial charge on any atom is 0.147 e. The smallest absolute Gasteiger partial charge is 0.147 e. The van der Waals surface area contributed by atoms with E-state index in [1.54, 1.807) is 6.20 Å². The third kappa shape index (κ3) is 3.84. The molecule has 2 rings (SSSR count). The van der Waals surface area contributed by atoms with Crippen molar-refractivity contribution < 1.29 is 4.74 Å². The van der Waals surface area contributed by atoms with Gasteiger partial charge in [-0.3, -0.25) is 4.98 Å². The Labute approximate surface area is 112 Å². The Hall–Kier alpha value is -2.30. The molecule has 0 aliphatic heterocycles. The van der Waals surface area contributed by atoms with Crippen LogP contribution < -0.4 is 15.8 Å². The molecule has 0 bridgehead atoms. The van der Waals surface area contributed by atoms with Crippen LogP contribution in [0, 0.1) is 13.8 Å². The Bertz CT molecular complexity index is 540. The van der Waals surface area contributed by atoms with Crippen LogP contribution in [0.15, 0.2) is 30.5 Å². The highest BCUT2D eigenvalue weighted by molar-refractivity contribution is 5.42. The molecule has 0 aliphatic rings. The number of aryl methyl sites for hydroxylation is 2. The molecule has 2 aromatic rings. The van der Waals surface area contributed by atoms with Gasteiger partial charge in [-0.05, 0) is 38.1 Å². The van der Waals surface area contributed by atoms with Crippen molar-refractivity contribution in [2.45, 2.75) is 13.8 Å². The van der Waals surface area contributed by atoms with E-state index in [0.29, 0.717) is 13.2 Å². The number of hydrogen-bond donors (Lipinski definition) is 2. The molecule has 0 radical (unpaired) electrons. The fourth-order valence-electron chi connectivity index (χ4n) is 1.61. The van der Waals surface area contributed by atoms with Crippen molar-refractivity contribution in [2.24, 2.45) is 0 Å². The highest BCUT2D eigenvalue weighted by Crippen LogP contribution is 2.13. The van der Waals surface area contributed by atoms with Crippen LogP contribution in [0.3, 0.4) is 0 Å². The van der Waals surface area contributed by atoms with E-state index in [2.05, 4.69) is 15.3 Å². The zero-order valence-corrected chi connectivity index (χ0v) is 11.2. The second kappa shape index (κ2) is 6.04. The van der Waals surface area contributed by atoms with Crippen LogP contribution in [0.1, 0.15) is 11.4 Å². The molecular weight excluding hydrogens is 240 g/mol. The summed E-state index contributed by atoms with van der Waals surface area (Å²) < 4.78 is 5.59. The van der Waals surface area contributed by atoms with E-state index < -0.39 is 0 Å². The summed E-state index contributed by atoms with van der Waals surface area (Å²) in [4.78, 5) is 8.63. The predicted molar refractivity (Wildman–Crippen MR) is 76.3 cm³/mol. The lowest BCUT2D eigenvalue weighted by Gasteiger charge is -2.10. The lowest BCUT2D eigenvalue weighted by atomic mass is 10.3. The summed E-state index contributed by atoms with van der Waals surface area (Å²) in [6.45, 7) is 5.07. The molecule has 0 aliphatic carbocycles. The molecular formula is C14H18N4O. The van der Waals surface area contributed by atoms with Crippen molar-refractivity contribution in [2.75, 3.05) is 24.2 Å². The normalized spacial score (nSPS) is 10.2. The summed E-state index contributed by atoms with van der Waals surface area (Å²) in [5.74, 6) is 1.61. The van der Waals surface area contributed by atoms with Gasteiger partial charge in [0.1, 0.15) is 18.2 Å². The number of nitrogens with two attached hydrogens (primary N) is 1. The summed E-state index contributed by atoms with van der Waals surface area (Å²) in [6.07, 6.45) is 1.76. The zero-order valence-electron chi connectivity index (χ0n) is 11.2. The number of nitrogen functional groups attached to an aromatic ring is 1. The molecule has 100 valence electrons. The van der Waals surface area contributed by atoms with Crippen LogP contribution in [-0.2, 0) is 0 Å². The van der Waals surface area contributed by atoms with Gasteiger partial charge in [-0.15, -0.1) is 0 Å². The van der Waals surface area contributed by atoms with Crippen LogP contribution >= 0.6 is 0 Å². The van der Waals surface area contributed by atoms with Crippen molar-refractivity contribution in [3.05, 3.63) is 41.9 Å². The van der Waals surface area contributed by atoms with E-state index in [-0.39, 0.29) is 0 Å². The minimum atomic E-state index is 0.555. The minimum absolute atomic E-state index is 0.555. The summed E-state index contributed by atoms with van der Waals surface area (Å²) in [5, 5.41) is 3.21. The average molecular weight is 258 g/mol. The van der Waals surface area contributed by atoms with E-state index in [4.69, 9.17) is 10.5 Å². The van der Waals surface area contributed by atoms with Crippen LogP contribution in [0.25, 0.3) is 0 Å². The third-order valence-electron chi connectivity index (χ3n) is 2.62. The van der Waals surface area contributed by atoms with Crippen molar-refractivity contribution in [3.8, 4) is 5.75 Å². The standard InChI is InChI=1S/C14H18N4O/c1-10-9-17-11(2)14(18-10)16-7-8-19-13-5-3-12(15)4-6-13/h3-6,9H,7-8,15H2,1-2H3,(H,16,18). The fourth-order valence-corrected chi connectivity index (χ4v) is 1.61. The molecule has 5 heteroatoms. The Morgan fingerprint density at radius 1 is 1.21 bits per heavy atom. The largest absolute Gasteiger partial charge is 0.492 e. The van der Waals surface area contributed by atoms with Gasteiger partial charge in [0, 0.05) is 11.9 Å². The van der Waals surface area contributed by atoms with Crippen LogP contribution in [0.2, 0.25) is 0 Å². The van der Waals surface area contributed by atoms with E-state index in [1.807, 2.05) is 38.1 Å². The number of nitrogens with zero attached hydrogens (tertiary/aromatic N) is 2. The minimum Gasteiger partial charge on any atom is -0.492 e. The quantitative estimate of drug-likeness (QED) is 0.635. The zero-order chi connectivity index (χ0) is 13.7. The maximum atomic E-state index is 5.61. The Morgan fingerprint density at radius 3 is 2.68 bits per heavy atom. The summed E-state index contributed by atoms with van der Waals surface area (Å²) in [5.41, 5.74) is 8.12. The van der Waals surface area contributed by atoms with Gasteiger partial charge in [0.25, 0.3) is 0 Å². The van der Waals surface area contributed by atoms with Crippen LogP contribution in [0.4, 0.5) is 11.5 Å². The molecule has 3 N–H and O–H groups in total. The molecule has 0 spiro atoms. The number of rotatable bonds is 5. The monoisotopic (exact) mass is 258 g/mol. The number of hydrogen-bond acceptors (Lipinski definition) is 5. The van der Waals surface area contributed by atoms with Gasteiger partial charge in [0.2, 0.25) is 0 Å². The molecule has 1 aromatic carbocycles. The van der Waals surface area contributed by atoms with Gasteiger partial charge >= 0.3 is 0 Å². The van der Waals surface area contributed by atoms with Gasteiger partial charge in [-0.2, -0.15) is 0 Å². The summed E-state index contributed by atoms with van der Waals surface area (Å²) in [6, 6.07) is 7.35. The first-order valence-electron chi connectivity index (χ1n) is 6.17. The Kier molecular flexibility index (Phi) is 4.18. The highest BCUT2D eigenvalue weighted by Gasteiger charge is 2.01. The fraction of sp³-hybridized carbons (Fsp3) is 0.286. The SMILES string of the molecule is Cc1cnc(C)c(NCCOc2ccc(N)cc2)n1. The lowest BCUT2D eigenvalue weighted by molar-refractivity contribution is 0.333. The molecule has 1 heterocycles. The van der Waals surface area contributed by atoms with Gasteiger partial charge in [-0.1, -0.05) is 0 Å². The molecule has 19 heavy (non-hydrogen) atoms. The van der Waals surface area contributed by atoms with Gasteiger partial charge in [-0.25, -0.2) is 4.98 Å². The molecule has 0 saturated heterocycles. The molecule has 0 unspecified atom stereocenters. The van der Waals surface area contributed by atoms with Gasteiger partial charge in [0.05, 0.1) is 17.9 Å². The van der Waals surface area contributed by atoms with Crippen molar-refractivity contribution in [3.63, 3.8) is 0 Å². The van der Waals surface area contributed by atoms with Crippen molar-refractivity contribution in [1.82, 2.24) is 9.97 Å².